The zero-order valence-electron chi connectivity index (χ0n) is 9.94. The van der Waals surface area contributed by atoms with Crippen molar-refractivity contribution < 1.29 is 9.53 Å². The van der Waals surface area contributed by atoms with Gasteiger partial charge in [-0.25, -0.2) is 0 Å². The lowest BCUT2D eigenvalue weighted by Crippen LogP contribution is -2.47. The largest absolute Gasteiger partial charge is 0.360 e. The number of benzene rings is 1. The van der Waals surface area contributed by atoms with E-state index in [1.165, 1.54) is 6.42 Å². The molecule has 0 bridgehead atoms. The maximum atomic E-state index is 10.6. The van der Waals surface area contributed by atoms with Gasteiger partial charge in [-0.05, 0) is 31.4 Å². The lowest BCUT2D eigenvalue weighted by molar-refractivity contribution is -0.0648. The standard InChI is InChI=1S/C13H17NO2.ClH/c1-16-13(8-2-3-9-14-13)12-6-4-11(10-15)5-7-12;/h4-7,10,14H,2-3,8-9H2,1H3;1H/t13-;/m0./s1. The van der Waals surface area contributed by atoms with Gasteiger partial charge in [0.25, 0.3) is 0 Å². The lowest BCUT2D eigenvalue weighted by Gasteiger charge is -2.37. The number of methoxy groups -OCH3 is 1. The molecule has 1 aliphatic heterocycles. The zero-order valence-corrected chi connectivity index (χ0v) is 10.8. The smallest absolute Gasteiger partial charge is 0.150 e. The van der Waals surface area contributed by atoms with Crippen molar-refractivity contribution >= 4 is 18.7 Å². The van der Waals surface area contributed by atoms with Gasteiger partial charge in [0.1, 0.15) is 12.0 Å². The first-order valence-corrected chi connectivity index (χ1v) is 5.67. The normalized spacial score (nSPS) is 23.8. The second-order valence-corrected chi connectivity index (χ2v) is 4.15. The van der Waals surface area contributed by atoms with Crippen molar-refractivity contribution in [3.8, 4) is 0 Å². The van der Waals surface area contributed by atoms with Crippen molar-refractivity contribution in [2.75, 3.05) is 13.7 Å². The number of aldehydes is 1. The number of nitrogens with one attached hydrogen (secondary N) is 1. The molecule has 2 rings (SSSR count). The molecular formula is C13H18ClNO2. The highest BCUT2D eigenvalue weighted by Crippen LogP contribution is 2.30. The van der Waals surface area contributed by atoms with E-state index in [9.17, 15) is 4.79 Å². The summed E-state index contributed by atoms with van der Waals surface area (Å²) in [5, 5.41) is 3.43. The van der Waals surface area contributed by atoms with E-state index >= 15 is 0 Å². The van der Waals surface area contributed by atoms with Crippen LogP contribution >= 0.6 is 12.4 Å². The first kappa shape index (κ1) is 14.2. The molecular weight excluding hydrogens is 238 g/mol. The van der Waals surface area contributed by atoms with E-state index in [4.69, 9.17) is 4.74 Å². The maximum Gasteiger partial charge on any atom is 0.150 e. The van der Waals surface area contributed by atoms with Gasteiger partial charge in [0.15, 0.2) is 0 Å². The van der Waals surface area contributed by atoms with Crippen LogP contribution in [-0.4, -0.2) is 19.9 Å². The first-order valence-electron chi connectivity index (χ1n) is 5.67. The minimum absolute atomic E-state index is 0. The van der Waals surface area contributed by atoms with E-state index in [0.29, 0.717) is 5.56 Å². The summed E-state index contributed by atoms with van der Waals surface area (Å²) >= 11 is 0. The molecule has 0 spiro atoms. The molecule has 0 aromatic heterocycles. The van der Waals surface area contributed by atoms with Crippen LogP contribution in [0.15, 0.2) is 24.3 Å². The van der Waals surface area contributed by atoms with Crippen LogP contribution < -0.4 is 5.32 Å². The molecule has 94 valence electrons. The molecule has 1 aromatic rings. The fourth-order valence-electron chi connectivity index (χ4n) is 2.25. The van der Waals surface area contributed by atoms with Gasteiger partial charge in [-0.2, -0.15) is 0 Å². The number of hydrogen-bond acceptors (Lipinski definition) is 3. The molecule has 1 N–H and O–H groups in total. The number of piperidine rings is 1. The van der Waals surface area contributed by atoms with Gasteiger partial charge in [0, 0.05) is 12.7 Å². The molecule has 0 amide bonds. The van der Waals surface area contributed by atoms with Crippen molar-refractivity contribution in [1.29, 1.82) is 0 Å². The van der Waals surface area contributed by atoms with E-state index < -0.39 is 0 Å². The van der Waals surface area contributed by atoms with Gasteiger partial charge in [0.2, 0.25) is 0 Å². The summed E-state index contributed by atoms with van der Waals surface area (Å²) in [6.45, 7) is 0.975. The van der Waals surface area contributed by atoms with E-state index in [1.54, 1.807) is 7.11 Å². The van der Waals surface area contributed by atoms with Crippen LogP contribution in [0, 0.1) is 0 Å². The average Bonchev–Trinajstić information content (AvgIpc) is 2.39. The molecule has 1 aliphatic rings. The summed E-state index contributed by atoms with van der Waals surface area (Å²) in [7, 11) is 1.73. The third kappa shape index (κ3) is 2.86. The molecule has 3 nitrogen and oxygen atoms in total. The second-order valence-electron chi connectivity index (χ2n) is 4.15. The van der Waals surface area contributed by atoms with Gasteiger partial charge >= 0.3 is 0 Å². The predicted molar refractivity (Wildman–Crippen MR) is 69.6 cm³/mol. The van der Waals surface area contributed by atoms with Gasteiger partial charge < -0.3 is 4.74 Å². The van der Waals surface area contributed by atoms with E-state index in [2.05, 4.69) is 5.32 Å². The van der Waals surface area contributed by atoms with E-state index in [1.807, 2.05) is 24.3 Å². The summed E-state index contributed by atoms with van der Waals surface area (Å²) in [5.74, 6) is 0. The summed E-state index contributed by atoms with van der Waals surface area (Å²) in [5.41, 5.74) is 1.44. The number of carbonyl (C=O) groups excluding carboxylic acids is 1. The molecule has 4 heteroatoms. The Bertz CT molecular complexity index is 358. The molecule has 1 saturated heterocycles. The predicted octanol–water partition coefficient (Wildman–Crippen LogP) is 2.49. The van der Waals surface area contributed by atoms with Crippen molar-refractivity contribution in [2.24, 2.45) is 0 Å². The Morgan fingerprint density at radius 3 is 2.47 bits per heavy atom. The van der Waals surface area contributed by atoms with Gasteiger partial charge in [-0.15, -0.1) is 12.4 Å². The highest BCUT2D eigenvalue weighted by Gasteiger charge is 2.33. The Hall–Kier alpha value is -0.900. The number of carbonyl (C=O) groups is 1. The highest BCUT2D eigenvalue weighted by molar-refractivity contribution is 5.85. The number of rotatable bonds is 3. The lowest BCUT2D eigenvalue weighted by atomic mass is 9.92. The Balaban J connectivity index is 0.00000144. The topological polar surface area (TPSA) is 38.3 Å². The first-order chi connectivity index (χ1) is 7.80. The van der Waals surface area contributed by atoms with Gasteiger partial charge in [-0.1, -0.05) is 24.3 Å². The molecule has 1 aromatic carbocycles. The van der Waals surface area contributed by atoms with Crippen LogP contribution in [0.25, 0.3) is 0 Å². The highest BCUT2D eigenvalue weighted by atomic mass is 35.5. The van der Waals surface area contributed by atoms with Crippen molar-refractivity contribution in [3.63, 3.8) is 0 Å². The van der Waals surface area contributed by atoms with Gasteiger partial charge in [-0.3, -0.25) is 10.1 Å². The molecule has 17 heavy (non-hydrogen) atoms. The third-order valence-corrected chi connectivity index (χ3v) is 3.23. The molecule has 0 saturated carbocycles. The van der Waals surface area contributed by atoms with Crippen molar-refractivity contribution in [1.82, 2.24) is 5.32 Å². The summed E-state index contributed by atoms with van der Waals surface area (Å²) in [6.07, 6.45) is 4.19. The van der Waals surface area contributed by atoms with Crippen LogP contribution in [-0.2, 0) is 10.5 Å². The van der Waals surface area contributed by atoms with Crippen LogP contribution in [0.2, 0.25) is 0 Å². The Kier molecular flexibility index (Phi) is 5.12. The Morgan fingerprint density at radius 2 is 2.00 bits per heavy atom. The van der Waals surface area contributed by atoms with Crippen molar-refractivity contribution in [2.45, 2.75) is 25.0 Å². The molecule has 0 aliphatic carbocycles. The quantitative estimate of drug-likeness (QED) is 0.844. The summed E-state index contributed by atoms with van der Waals surface area (Å²) < 4.78 is 5.64. The summed E-state index contributed by atoms with van der Waals surface area (Å²) in [4.78, 5) is 10.6. The van der Waals surface area contributed by atoms with Crippen molar-refractivity contribution in [3.05, 3.63) is 35.4 Å². The maximum absolute atomic E-state index is 10.6. The van der Waals surface area contributed by atoms with Crippen LogP contribution in [0.5, 0.6) is 0 Å². The van der Waals surface area contributed by atoms with E-state index in [0.717, 1.165) is 31.2 Å². The number of ether oxygens (including phenoxy) is 1. The molecule has 0 radical (unpaired) electrons. The third-order valence-electron chi connectivity index (χ3n) is 3.23. The summed E-state index contributed by atoms with van der Waals surface area (Å²) in [6, 6.07) is 7.59. The average molecular weight is 256 g/mol. The molecule has 0 unspecified atom stereocenters. The minimum atomic E-state index is -0.361. The van der Waals surface area contributed by atoms with Crippen LogP contribution in [0.4, 0.5) is 0 Å². The SMILES string of the molecule is CO[C@]1(c2ccc(C=O)cc2)CCCCN1.Cl. The number of halogens is 1. The minimum Gasteiger partial charge on any atom is -0.360 e. The second kappa shape index (κ2) is 6.15. The fourth-order valence-corrected chi connectivity index (χ4v) is 2.25. The Morgan fingerprint density at radius 1 is 1.29 bits per heavy atom. The van der Waals surface area contributed by atoms with Crippen LogP contribution in [0.3, 0.4) is 0 Å². The van der Waals surface area contributed by atoms with E-state index in [-0.39, 0.29) is 18.1 Å². The molecule has 1 heterocycles. The number of hydrogen-bond donors (Lipinski definition) is 1. The zero-order chi connectivity index (χ0) is 11.4. The monoisotopic (exact) mass is 255 g/mol. The fraction of sp³-hybridized carbons (Fsp3) is 0.462. The Labute approximate surface area is 108 Å². The van der Waals surface area contributed by atoms with Gasteiger partial charge in [0.05, 0.1) is 0 Å². The molecule has 1 fully saturated rings. The molecule has 1 atom stereocenters. The van der Waals surface area contributed by atoms with Crippen LogP contribution in [0.1, 0.15) is 35.2 Å².